The van der Waals surface area contributed by atoms with E-state index in [-0.39, 0.29) is 6.03 Å². The summed E-state index contributed by atoms with van der Waals surface area (Å²) >= 11 is 0. The molecule has 2 amide bonds. The molecule has 1 aromatic carbocycles. The Morgan fingerprint density at radius 1 is 1.19 bits per heavy atom. The monoisotopic (exact) mass is 442 g/mol. The molecule has 1 fully saturated rings. The number of unbranched alkanes of at least 4 members (excludes halogenated alkanes) is 2. The average molecular weight is 443 g/mol. The lowest BCUT2D eigenvalue weighted by molar-refractivity contribution is 0.0124. The molecule has 2 unspecified atom stereocenters. The summed E-state index contributed by atoms with van der Waals surface area (Å²) in [6, 6.07) is 8.94. The molecule has 2 heterocycles. The van der Waals surface area contributed by atoms with E-state index in [9.17, 15) is 9.90 Å². The zero-order valence-electron chi connectivity index (χ0n) is 18.9. The maximum atomic E-state index is 11.9. The van der Waals surface area contributed by atoms with Crippen LogP contribution in [0.2, 0.25) is 0 Å². The van der Waals surface area contributed by atoms with Crippen LogP contribution in [0.3, 0.4) is 0 Å². The van der Waals surface area contributed by atoms with Crippen molar-refractivity contribution in [3.63, 3.8) is 0 Å². The first-order valence-electron chi connectivity index (χ1n) is 11.2. The number of aliphatic hydroxyl groups is 1. The van der Waals surface area contributed by atoms with Crippen molar-refractivity contribution in [3.05, 3.63) is 48.3 Å². The number of ether oxygens (including phenoxy) is 2. The molecule has 2 atom stereocenters. The predicted octanol–water partition coefficient (Wildman–Crippen LogP) is 3.79. The number of likely N-dealkylation sites (tertiary alicyclic amines) is 1. The van der Waals surface area contributed by atoms with Crippen LogP contribution in [0.15, 0.2) is 42.7 Å². The summed E-state index contributed by atoms with van der Waals surface area (Å²) in [5.41, 5.74) is 1.37. The number of nitrogens with one attached hydrogen (secondary N) is 2. The molecule has 8 nitrogen and oxygen atoms in total. The minimum atomic E-state index is -0.742. The van der Waals surface area contributed by atoms with Gasteiger partial charge in [-0.2, -0.15) is 0 Å². The fourth-order valence-electron chi connectivity index (χ4n) is 4.19. The fourth-order valence-corrected chi connectivity index (χ4v) is 4.19. The van der Waals surface area contributed by atoms with Gasteiger partial charge in [0.05, 0.1) is 31.7 Å². The summed E-state index contributed by atoms with van der Waals surface area (Å²) in [4.78, 5) is 17.9. The Labute approximate surface area is 189 Å². The Balaban J connectivity index is 1.34. The van der Waals surface area contributed by atoms with Crippen LogP contribution >= 0.6 is 0 Å². The lowest BCUT2D eigenvalue weighted by Gasteiger charge is -2.26. The number of carbonyl (C=O) groups is 1. The van der Waals surface area contributed by atoms with Gasteiger partial charge in [-0.1, -0.05) is 18.9 Å². The van der Waals surface area contributed by atoms with E-state index < -0.39 is 6.23 Å². The van der Waals surface area contributed by atoms with Crippen LogP contribution in [-0.2, 0) is 0 Å². The molecule has 1 aliphatic rings. The molecule has 3 N–H and O–H groups in total. The molecular formula is C24H34N4O4. The summed E-state index contributed by atoms with van der Waals surface area (Å²) < 4.78 is 10.9. The molecule has 174 valence electrons. The third-order valence-corrected chi connectivity index (χ3v) is 5.88. The Morgan fingerprint density at radius 2 is 1.97 bits per heavy atom. The van der Waals surface area contributed by atoms with E-state index in [0.29, 0.717) is 35.2 Å². The van der Waals surface area contributed by atoms with E-state index in [1.54, 1.807) is 38.7 Å². The highest BCUT2D eigenvalue weighted by molar-refractivity contribution is 5.88. The summed E-state index contributed by atoms with van der Waals surface area (Å²) in [6.45, 7) is 2.35. The molecule has 1 aromatic heterocycles. The van der Waals surface area contributed by atoms with Gasteiger partial charge in [0.25, 0.3) is 0 Å². The number of rotatable bonds is 11. The van der Waals surface area contributed by atoms with Crippen molar-refractivity contribution >= 4 is 11.7 Å². The highest BCUT2D eigenvalue weighted by Crippen LogP contribution is 2.38. The van der Waals surface area contributed by atoms with Gasteiger partial charge >= 0.3 is 6.03 Å². The van der Waals surface area contributed by atoms with Gasteiger partial charge < -0.3 is 25.2 Å². The van der Waals surface area contributed by atoms with Gasteiger partial charge in [-0.25, -0.2) is 4.79 Å². The first-order chi connectivity index (χ1) is 15.6. The fraction of sp³-hybridized carbons (Fsp3) is 0.500. The number of pyridine rings is 1. The van der Waals surface area contributed by atoms with E-state index in [1.165, 1.54) is 0 Å². The van der Waals surface area contributed by atoms with Crippen molar-refractivity contribution in [2.75, 3.05) is 39.2 Å². The SMILES string of the molecule is COc1cccc(OC)c1C(O)N1CCC(CCCCCNC(=O)Nc2cccnc2)C1. The maximum absolute atomic E-state index is 11.9. The molecular weight excluding hydrogens is 408 g/mol. The van der Waals surface area contributed by atoms with Crippen LogP contribution < -0.4 is 20.1 Å². The van der Waals surface area contributed by atoms with Gasteiger partial charge in [0.2, 0.25) is 0 Å². The van der Waals surface area contributed by atoms with Crippen LogP contribution in [0.25, 0.3) is 0 Å². The molecule has 0 spiro atoms. The Morgan fingerprint density at radius 3 is 2.66 bits per heavy atom. The third kappa shape index (κ3) is 6.58. The molecule has 0 radical (unpaired) electrons. The smallest absolute Gasteiger partial charge is 0.319 e. The Bertz CT molecular complexity index is 827. The summed E-state index contributed by atoms with van der Waals surface area (Å²) in [5.74, 6) is 1.84. The van der Waals surface area contributed by atoms with Crippen LogP contribution in [0.1, 0.15) is 43.9 Å². The number of nitrogens with zero attached hydrogens (tertiary/aromatic N) is 2. The highest BCUT2D eigenvalue weighted by Gasteiger charge is 2.31. The topological polar surface area (TPSA) is 96.0 Å². The first kappa shape index (κ1) is 23.8. The van der Waals surface area contributed by atoms with Crippen LogP contribution in [0.4, 0.5) is 10.5 Å². The number of aliphatic hydroxyl groups excluding tert-OH is 1. The molecule has 0 saturated carbocycles. The molecule has 1 aliphatic heterocycles. The largest absolute Gasteiger partial charge is 0.496 e. The number of hydrogen-bond acceptors (Lipinski definition) is 6. The van der Waals surface area contributed by atoms with Crippen molar-refractivity contribution in [1.82, 2.24) is 15.2 Å². The zero-order valence-corrected chi connectivity index (χ0v) is 18.9. The van der Waals surface area contributed by atoms with Gasteiger partial charge in [0, 0.05) is 25.8 Å². The van der Waals surface area contributed by atoms with E-state index in [2.05, 4.69) is 20.5 Å². The van der Waals surface area contributed by atoms with E-state index >= 15 is 0 Å². The van der Waals surface area contributed by atoms with Crippen LogP contribution in [-0.4, -0.2) is 54.9 Å². The van der Waals surface area contributed by atoms with Gasteiger partial charge in [-0.05, 0) is 49.4 Å². The molecule has 1 saturated heterocycles. The quantitative estimate of drug-likeness (QED) is 0.458. The maximum Gasteiger partial charge on any atom is 0.319 e. The first-order valence-corrected chi connectivity index (χ1v) is 11.2. The second-order valence-corrected chi connectivity index (χ2v) is 8.07. The predicted molar refractivity (Wildman–Crippen MR) is 124 cm³/mol. The highest BCUT2D eigenvalue weighted by atomic mass is 16.5. The van der Waals surface area contributed by atoms with Crippen LogP contribution in [0.5, 0.6) is 11.5 Å². The standard InChI is InChI=1S/C24H34N4O4/c1-31-20-10-6-11-21(32-2)22(20)23(29)28-15-12-18(17-28)8-4-3-5-14-26-24(30)27-19-9-7-13-25-16-19/h6-7,9-11,13,16,18,23,29H,3-5,8,12,14-15,17H2,1-2H3,(H2,26,27,30). The molecule has 0 bridgehead atoms. The van der Waals surface area contributed by atoms with Crippen molar-refractivity contribution < 1.29 is 19.4 Å². The minimum Gasteiger partial charge on any atom is -0.496 e. The number of amides is 2. The number of methoxy groups -OCH3 is 2. The lowest BCUT2D eigenvalue weighted by atomic mass is 10.0. The van der Waals surface area contributed by atoms with Crippen LogP contribution in [0, 0.1) is 5.92 Å². The Hall–Kier alpha value is -2.84. The number of carbonyl (C=O) groups excluding carboxylic acids is 1. The second-order valence-electron chi connectivity index (χ2n) is 8.07. The average Bonchev–Trinajstić information content (AvgIpc) is 3.29. The summed E-state index contributed by atoms with van der Waals surface area (Å²) in [7, 11) is 3.21. The van der Waals surface area contributed by atoms with Crippen molar-refractivity contribution in [2.45, 2.75) is 38.3 Å². The third-order valence-electron chi connectivity index (χ3n) is 5.88. The molecule has 2 aromatic rings. The van der Waals surface area contributed by atoms with Gasteiger partial charge in [0.1, 0.15) is 17.7 Å². The minimum absolute atomic E-state index is 0.204. The number of benzene rings is 1. The Kier molecular flexibility index (Phi) is 9.13. The number of hydrogen-bond donors (Lipinski definition) is 3. The number of aromatic nitrogens is 1. The van der Waals surface area contributed by atoms with Gasteiger partial charge in [-0.15, -0.1) is 0 Å². The van der Waals surface area contributed by atoms with Gasteiger partial charge in [0.15, 0.2) is 0 Å². The van der Waals surface area contributed by atoms with Gasteiger partial charge in [-0.3, -0.25) is 9.88 Å². The second kappa shape index (κ2) is 12.3. The summed E-state index contributed by atoms with van der Waals surface area (Å²) in [5, 5.41) is 16.6. The van der Waals surface area contributed by atoms with Crippen molar-refractivity contribution in [1.29, 1.82) is 0 Å². The molecule has 3 rings (SSSR count). The van der Waals surface area contributed by atoms with Crippen molar-refractivity contribution in [2.24, 2.45) is 5.92 Å². The lowest BCUT2D eigenvalue weighted by Crippen LogP contribution is -2.29. The normalized spacial score (nSPS) is 17.0. The molecule has 32 heavy (non-hydrogen) atoms. The van der Waals surface area contributed by atoms with Crippen molar-refractivity contribution in [3.8, 4) is 11.5 Å². The number of urea groups is 1. The zero-order chi connectivity index (χ0) is 22.8. The molecule has 0 aliphatic carbocycles. The van der Waals surface area contributed by atoms with E-state index in [0.717, 1.165) is 45.2 Å². The molecule has 8 heteroatoms. The van der Waals surface area contributed by atoms with E-state index in [4.69, 9.17) is 9.47 Å². The van der Waals surface area contributed by atoms with E-state index in [1.807, 2.05) is 18.2 Å². The number of anilines is 1. The summed E-state index contributed by atoms with van der Waals surface area (Å²) in [6.07, 6.45) is 7.85.